The molecular formula is C19H26N4O2. The van der Waals surface area contributed by atoms with Gasteiger partial charge in [-0.25, -0.2) is 9.78 Å². The number of nitrogens with zero attached hydrogens (tertiary/aromatic N) is 2. The van der Waals surface area contributed by atoms with Crippen LogP contribution >= 0.6 is 0 Å². The fraction of sp³-hybridized carbons (Fsp3) is 0.368. The van der Waals surface area contributed by atoms with Crippen molar-refractivity contribution < 1.29 is 9.90 Å². The molecule has 1 heterocycles. The van der Waals surface area contributed by atoms with E-state index in [0.717, 1.165) is 17.1 Å². The van der Waals surface area contributed by atoms with E-state index in [1.807, 2.05) is 74.4 Å². The molecule has 0 saturated heterocycles. The third kappa shape index (κ3) is 6.08. The summed E-state index contributed by atoms with van der Waals surface area (Å²) in [6, 6.07) is 14.7. The molecule has 0 radical (unpaired) electrons. The molecule has 1 aromatic carbocycles. The van der Waals surface area contributed by atoms with E-state index in [9.17, 15) is 9.90 Å². The van der Waals surface area contributed by atoms with Gasteiger partial charge in [-0.15, -0.1) is 0 Å². The minimum Gasteiger partial charge on any atom is -0.388 e. The highest BCUT2D eigenvalue weighted by molar-refractivity contribution is 5.74. The highest BCUT2D eigenvalue weighted by Gasteiger charge is 2.14. The Balaban J connectivity index is 1.79. The molecule has 6 heteroatoms. The molecule has 1 aromatic heterocycles. The van der Waals surface area contributed by atoms with Gasteiger partial charge < -0.3 is 20.6 Å². The largest absolute Gasteiger partial charge is 0.388 e. The zero-order valence-corrected chi connectivity index (χ0v) is 14.9. The van der Waals surface area contributed by atoms with Crippen molar-refractivity contribution in [1.29, 1.82) is 0 Å². The number of anilines is 1. The summed E-state index contributed by atoms with van der Waals surface area (Å²) in [5.74, 6) is 0.846. The van der Waals surface area contributed by atoms with Crippen LogP contribution in [0.4, 0.5) is 10.6 Å². The van der Waals surface area contributed by atoms with Crippen molar-refractivity contribution >= 4 is 11.8 Å². The van der Waals surface area contributed by atoms with Gasteiger partial charge >= 0.3 is 6.03 Å². The summed E-state index contributed by atoms with van der Waals surface area (Å²) >= 11 is 0. The van der Waals surface area contributed by atoms with Crippen molar-refractivity contribution in [3.63, 3.8) is 0 Å². The average Bonchev–Trinajstić information content (AvgIpc) is 2.60. The molecular weight excluding hydrogens is 316 g/mol. The number of pyridine rings is 1. The monoisotopic (exact) mass is 342 g/mol. The van der Waals surface area contributed by atoms with E-state index >= 15 is 0 Å². The molecule has 0 aliphatic heterocycles. The SMILES string of the molecule is CC(CC(O)c1ccccc1)NC(=O)NCc1cccc(N(C)C)n1. The Hall–Kier alpha value is -2.60. The first-order chi connectivity index (χ1) is 12.0. The van der Waals surface area contributed by atoms with Crippen LogP contribution in [-0.4, -0.2) is 36.3 Å². The molecule has 2 rings (SSSR count). The van der Waals surface area contributed by atoms with Gasteiger partial charge in [0.05, 0.1) is 18.3 Å². The smallest absolute Gasteiger partial charge is 0.315 e. The van der Waals surface area contributed by atoms with Gasteiger partial charge in [0.2, 0.25) is 0 Å². The third-order valence-electron chi connectivity index (χ3n) is 3.82. The van der Waals surface area contributed by atoms with E-state index in [2.05, 4.69) is 15.6 Å². The lowest BCUT2D eigenvalue weighted by Crippen LogP contribution is -2.41. The average molecular weight is 342 g/mol. The number of aliphatic hydroxyl groups is 1. The summed E-state index contributed by atoms with van der Waals surface area (Å²) in [5.41, 5.74) is 1.64. The van der Waals surface area contributed by atoms with Crippen molar-refractivity contribution in [1.82, 2.24) is 15.6 Å². The molecule has 2 amide bonds. The topological polar surface area (TPSA) is 77.5 Å². The van der Waals surface area contributed by atoms with Crippen LogP contribution in [0.25, 0.3) is 0 Å². The maximum Gasteiger partial charge on any atom is 0.315 e. The van der Waals surface area contributed by atoms with E-state index in [1.54, 1.807) is 0 Å². The Morgan fingerprint density at radius 2 is 1.88 bits per heavy atom. The molecule has 0 aliphatic carbocycles. The van der Waals surface area contributed by atoms with Gasteiger partial charge in [-0.3, -0.25) is 0 Å². The summed E-state index contributed by atoms with van der Waals surface area (Å²) in [4.78, 5) is 18.4. The van der Waals surface area contributed by atoms with Crippen molar-refractivity contribution in [2.45, 2.75) is 32.0 Å². The maximum absolute atomic E-state index is 12.0. The summed E-state index contributed by atoms with van der Waals surface area (Å²) in [6.45, 7) is 2.22. The molecule has 0 spiro atoms. The molecule has 2 unspecified atom stereocenters. The lowest BCUT2D eigenvalue weighted by atomic mass is 10.0. The van der Waals surface area contributed by atoms with Crippen LogP contribution < -0.4 is 15.5 Å². The molecule has 134 valence electrons. The molecule has 2 aromatic rings. The first kappa shape index (κ1) is 18.7. The standard InChI is InChI=1S/C19H26N4O2/c1-14(12-17(24)15-8-5-4-6-9-15)21-19(25)20-13-16-10-7-11-18(22-16)23(2)3/h4-11,14,17,24H,12-13H2,1-3H3,(H2,20,21,25). The van der Waals surface area contributed by atoms with Crippen LogP contribution in [-0.2, 0) is 6.54 Å². The van der Waals surface area contributed by atoms with Gasteiger partial charge in [0.1, 0.15) is 5.82 Å². The zero-order valence-electron chi connectivity index (χ0n) is 14.9. The Morgan fingerprint density at radius 1 is 1.16 bits per heavy atom. The van der Waals surface area contributed by atoms with Crippen molar-refractivity contribution in [3.8, 4) is 0 Å². The van der Waals surface area contributed by atoms with Crippen LogP contribution in [0, 0.1) is 0 Å². The lowest BCUT2D eigenvalue weighted by molar-refractivity contribution is 0.154. The first-order valence-electron chi connectivity index (χ1n) is 8.36. The summed E-state index contributed by atoms with van der Waals surface area (Å²) in [7, 11) is 3.85. The van der Waals surface area contributed by atoms with E-state index in [0.29, 0.717) is 13.0 Å². The van der Waals surface area contributed by atoms with Gasteiger partial charge in [0.15, 0.2) is 0 Å². The van der Waals surface area contributed by atoms with Crippen molar-refractivity contribution in [3.05, 3.63) is 59.8 Å². The van der Waals surface area contributed by atoms with Crippen LogP contribution in [0.2, 0.25) is 0 Å². The molecule has 0 bridgehead atoms. The highest BCUT2D eigenvalue weighted by atomic mass is 16.3. The summed E-state index contributed by atoms with van der Waals surface area (Å²) in [5, 5.41) is 15.8. The highest BCUT2D eigenvalue weighted by Crippen LogP contribution is 2.17. The van der Waals surface area contributed by atoms with E-state index in [1.165, 1.54) is 0 Å². The fourth-order valence-corrected chi connectivity index (χ4v) is 2.47. The van der Waals surface area contributed by atoms with E-state index in [-0.39, 0.29) is 12.1 Å². The molecule has 3 N–H and O–H groups in total. The minimum atomic E-state index is -0.602. The Morgan fingerprint density at radius 3 is 2.56 bits per heavy atom. The second-order valence-corrected chi connectivity index (χ2v) is 6.27. The van der Waals surface area contributed by atoms with Gasteiger partial charge in [-0.2, -0.15) is 0 Å². The fourth-order valence-electron chi connectivity index (χ4n) is 2.47. The third-order valence-corrected chi connectivity index (χ3v) is 3.82. The first-order valence-corrected chi connectivity index (χ1v) is 8.36. The van der Waals surface area contributed by atoms with Crippen LogP contribution in [0.5, 0.6) is 0 Å². The van der Waals surface area contributed by atoms with E-state index < -0.39 is 6.10 Å². The molecule has 0 aliphatic rings. The summed E-state index contributed by atoms with van der Waals surface area (Å²) in [6.07, 6.45) is -0.152. The molecule has 0 saturated carbocycles. The number of rotatable bonds is 7. The molecule has 25 heavy (non-hydrogen) atoms. The predicted octanol–water partition coefficient (Wildman–Crippen LogP) is 2.46. The Labute approximate surface area is 148 Å². The second-order valence-electron chi connectivity index (χ2n) is 6.27. The second kappa shape index (κ2) is 9.03. The number of urea groups is 1. The van der Waals surface area contributed by atoms with Gasteiger partial charge in [0.25, 0.3) is 0 Å². The van der Waals surface area contributed by atoms with Crippen molar-refractivity contribution in [2.24, 2.45) is 0 Å². The predicted molar refractivity (Wildman–Crippen MR) is 99.4 cm³/mol. The molecule has 6 nitrogen and oxygen atoms in total. The Bertz CT molecular complexity index is 676. The van der Waals surface area contributed by atoms with Crippen LogP contribution in [0.15, 0.2) is 48.5 Å². The number of carbonyl (C=O) groups excluding carboxylic acids is 1. The van der Waals surface area contributed by atoms with Crippen LogP contribution in [0.1, 0.15) is 30.7 Å². The zero-order chi connectivity index (χ0) is 18.2. The molecule has 2 atom stereocenters. The number of benzene rings is 1. The number of aromatic nitrogens is 1. The number of nitrogens with one attached hydrogen (secondary N) is 2. The minimum absolute atomic E-state index is 0.156. The van der Waals surface area contributed by atoms with Crippen LogP contribution in [0.3, 0.4) is 0 Å². The lowest BCUT2D eigenvalue weighted by Gasteiger charge is -2.18. The molecule has 0 fully saturated rings. The van der Waals surface area contributed by atoms with E-state index in [4.69, 9.17) is 0 Å². The van der Waals surface area contributed by atoms with Crippen molar-refractivity contribution in [2.75, 3.05) is 19.0 Å². The number of amides is 2. The van der Waals surface area contributed by atoms with Gasteiger partial charge in [-0.05, 0) is 31.0 Å². The number of aliphatic hydroxyl groups excluding tert-OH is 1. The number of hydrogen-bond donors (Lipinski definition) is 3. The van der Waals surface area contributed by atoms with Gasteiger partial charge in [0, 0.05) is 20.1 Å². The normalized spacial score (nSPS) is 13.0. The summed E-state index contributed by atoms with van der Waals surface area (Å²) < 4.78 is 0. The number of carbonyl (C=O) groups is 1. The quantitative estimate of drug-likeness (QED) is 0.722. The Kier molecular flexibility index (Phi) is 6.77. The number of hydrogen-bond acceptors (Lipinski definition) is 4. The van der Waals surface area contributed by atoms with Gasteiger partial charge in [-0.1, -0.05) is 36.4 Å². The maximum atomic E-state index is 12.0.